The van der Waals surface area contributed by atoms with Gasteiger partial charge in [-0.1, -0.05) is 12.1 Å². The number of fused-ring (bicyclic) bond motifs is 1. The van der Waals surface area contributed by atoms with Crippen LogP contribution in [0.4, 0.5) is 0 Å². The molecule has 0 fully saturated rings. The van der Waals surface area contributed by atoms with E-state index in [9.17, 15) is 4.79 Å². The van der Waals surface area contributed by atoms with E-state index < -0.39 is 0 Å². The van der Waals surface area contributed by atoms with Crippen LogP contribution in [0.5, 0.6) is 17.2 Å². The fraction of sp³-hybridized carbons (Fsp3) is 0.118. The Bertz CT molecular complexity index is 806. The molecule has 0 atom stereocenters. The highest BCUT2D eigenvalue weighted by Gasteiger charge is 2.05. The van der Waals surface area contributed by atoms with Gasteiger partial charge < -0.3 is 14.5 Å². The third-order valence-electron chi connectivity index (χ3n) is 3.08. The molecule has 4 nitrogen and oxygen atoms in total. The average molecular weight is 281 g/mol. The Kier molecular flexibility index (Phi) is 3.60. The number of aromatic nitrogens is 1. The normalized spacial score (nSPS) is 10.5. The van der Waals surface area contributed by atoms with Gasteiger partial charge in [0.2, 0.25) is 0 Å². The number of aromatic amines is 1. The Morgan fingerprint density at radius 3 is 2.48 bits per heavy atom. The van der Waals surface area contributed by atoms with Crippen molar-refractivity contribution < 1.29 is 9.47 Å². The van der Waals surface area contributed by atoms with Gasteiger partial charge in [-0.05, 0) is 43.3 Å². The summed E-state index contributed by atoms with van der Waals surface area (Å²) in [6, 6.07) is 16.3. The lowest BCUT2D eigenvalue weighted by molar-refractivity contribution is 0.339. The molecule has 0 bridgehead atoms. The minimum atomic E-state index is -0.186. The third kappa shape index (κ3) is 2.89. The maximum atomic E-state index is 11.7. The maximum Gasteiger partial charge on any atom is 0.252 e. The van der Waals surface area contributed by atoms with Crippen LogP contribution in [-0.4, -0.2) is 11.6 Å². The summed E-state index contributed by atoms with van der Waals surface area (Å²) in [5, 5.41) is 0.867. The first kappa shape index (κ1) is 13.2. The molecule has 1 heterocycles. The second kappa shape index (κ2) is 5.71. The summed E-state index contributed by atoms with van der Waals surface area (Å²) < 4.78 is 11.2. The number of hydrogen-bond donors (Lipinski definition) is 1. The molecule has 0 saturated carbocycles. The summed E-state index contributed by atoms with van der Waals surface area (Å²) in [6.07, 6.45) is 0. The molecular weight excluding hydrogens is 266 g/mol. The highest BCUT2D eigenvalue weighted by Crippen LogP contribution is 2.28. The largest absolute Gasteiger partial charge is 0.494 e. The monoisotopic (exact) mass is 281 g/mol. The highest BCUT2D eigenvalue weighted by atomic mass is 16.5. The molecule has 0 amide bonds. The van der Waals surface area contributed by atoms with Gasteiger partial charge in [0.05, 0.1) is 12.1 Å². The van der Waals surface area contributed by atoms with Gasteiger partial charge >= 0.3 is 0 Å². The summed E-state index contributed by atoms with van der Waals surface area (Å²) in [7, 11) is 0. The first-order valence-electron chi connectivity index (χ1n) is 6.79. The first-order chi connectivity index (χ1) is 10.3. The van der Waals surface area contributed by atoms with E-state index in [2.05, 4.69) is 4.98 Å². The zero-order chi connectivity index (χ0) is 14.7. The number of para-hydroxylation sites is 1. The zero-order valence-electron chi connectivity index (χ0n) is 11.6. The van der Waals surface area contributed by atoms with Crippen LogP contribution in [0.3, 0.4) is 0 Å². The zero-order valence-corrected chi connectivity index (χ0v) is 11.6. The van der Waals surface area contributed by atoms with Crippen LogP contribution in [0.25, 0.3) is 10.9 Å². The van der Waals surface area contributed by atoms with Gasteiger partial charge in [-0.2, -0.15) is 0 Å². The van der Waals surface area contributed by atoms with Crippen molar-refractivity contribution in [3.8, 4) is 17.2 Å². The lowest BCUT2D eigenvalue weighted by Crippen LogP contribution is -2.04. The van der Waals surface area contributed by atoms with E-state index in [-0.39, 0.29) is 5.56 Å². The number of ether oxygens (including phenoxy) is 2. The summed E-state index contributed by atoms with van der Waals surface area (Å²) in [4.78, 5) is 14.5. The molecule has 3 rings (SSSR count). The van der Waals surface area contributed by atoms with E-state index in [1.165, 1.54) is 6.07 Å². The van der Waals surface area contributed by atoms with Crippen molar-refractivity contribution in [2.24, 2.45) is 0 Å². The Labute approximate surface area is 122 Å². The van der Waals surface area contributed by atoms with E-state index in [0.29, 0.717) is 18.1 Å². The van der Waals surface area contributed by atoms with Gasteiger partial charge in [-0.15, -0.1) is 0 Å². The van der Waals surface area contributed by atoms with Crippen LogP contribution in [0.1, 0.15) is 6.92 Å². The Balaban J connectivity index is 1.96. The Morgan fingerprint density at radius 2 is 1.71 bits per heavy atom. The molecule has 0 aliphatic rings. The van der Waals surface area contributed by atoms with Gasteiger partial charge in [0.15, 0.2) is 0 Å². The van der Waals surface area contributed by atoms with Crippen molar-refractivity contribution in [2.75, 3.05) is 6.61 Å². The number of benzene rings is 2. The lowest BCUT2D eigenvalue weighted by atomic mass is 10.2. The summed E-state index contributed by atoms with van der Waals surface area (Å²) in [5.74, 6) is 1.99. The van der Waals surface area contributed by atoms with Crippen LogP contribution in [0.2, 0.25) is 0 Å². The summed E-state index contributed by atoms with van der Waals surface area (Å²) in [6.45, 7) is 2.56. The van der Waals surface area contributed by atoms with Crippen LogP contribution in [0, 0.1) is 0 Å². The van der Waals surface area contributed by atoms with Gasteiger partial charge in [0, 0.05) is 11.5 Å². The molecule has 0 unspecified atom stereocenters. The van der Waals surface area contributed by atoms with E-state index in [1.54, 1.807) is 0 Å². The third-order valence-corrected chi connectivity index (χ3v) is 3.08. The number of hydrogen-bond acceptors (Lipinski definition) is 3. The van der Waals surface area contributed by atoms with Gasteiger partial charge in [0.1, 0.15) is 17.2 Å². The van der Waals surface area contributed by atoms with Gasteiger partial charge in [-0.25, -0.2) is 0 Å². The lowest BCUT2D eigenvalue weighted by Gasteiger charge is -2.09. The minimum Gasteiger partial charge on any atom is -0.494 e. The number of H-pyrrole nitrogens is 1. The molecule has 2 aromatic carbocycles. The Hall–Kier alpha value is -2.75. The molecule has 0 spiro atoms. The standard InChI is InChI=1S/C17H15NO3/c1-2-20-12-7-9-13(10-8-12)21-16-11-17(19)18-15-6-4-3-5-14(15)16/h3-11H,2H2,1H3,(H,18,19). The minimum absolute atomic E-state index is 0.186. The SMILES string of the molecule is CCOc1ccc(Oc2cc(=O)[nH]c3ccccc23)cc1. The van der Waals surface area contributed by atoms with Crippen LogP contribution < -0.4 is 15.0 Å². The fourth-order valence-electron chi connectivity index (χ4n) is 2.15. The summed E-state index contributed by atoms with van der Waals surface area (Å²) in [5.41, 5.74) is 0.570. The van der Waals surface area contributed by atoms with E-state index in [4.69, 9.17) is 9.47 Å². The Morgan fingerprint density at radius 1 is 1.00 bits per heavy atom. The fourth-order valence-corrected chi connectivity index (χ4v) is 2.15. The van der Waals surface area contributed by atoms with Gasteiger partial charge in [-0.3, -0.25) is 4.79 Å². The molecule has 0 aliphatic heterocycles. The van der Waals surface area contributed by atoms with Crippen molar-refractivity contribution in [3.63, 3.8) is 0 Å². The smallest absolute Gasteiger partial charge is 0.252 e. The van der Waals surface area contributed by atoms with Crippen molar-refractivity contribution in [1.82, 2.24) is 4.98 Å². The predicted octanol–water partition coefficient (Wildman–Crippen LogP) is 3.72. The second-order valence-electron chi connectivity index (χ2n) is 4.55. The molecule has 21 heavy (non-hydrogen) atoms. The quantitative estimate of drug-likeness (QED) is 0.793. The number of rotatable bonds is 4. The molecule has 0 radical (unpaired) electrons. The molecule has 3 aromatic rings. The summed E-state index contributed by atoms with van der Waals surface area (Å²) >= 11 is 0. The first-order valence-corrected chi connectivity index (χ1v) is 6.79. The van der Waals surface area contributed by atoms with Gasteiger partial charge in [0.25, 0.3) is 5.56 Å². The molecule has 0 saturated heterocycles. The highest BCUT2D eigenvalue weighted by molar-refractivity contribution is 5.84. The van der Waals surface area contributed by atoms with E-state index >= 15 is 0 Å². The average Bonchev–Trinajstić information content (AvgIpc) is 2.49. The predicted molar refractivity (Wildman–Crippen MR) is 82.3 cm³/mol. The molecule has 106 valence electrons. The van der Waals surface area contributed by atoms with Crippen molar-refractivity contribution in [1.29, 1.82) is 0 Å². The van der Waals surface area contributed by atoms with Crippen LogP contribution >= 0.6 is 0 Å². The number of nitrogens with one attached hydrogen (secondary N) is 1. The second-order valence-corrected chi connectivity index (χ2v) is 4.55. The van der Waals surface area contributed by atoms with Crippen molar-refractivity contribution in [2.45, 2.75) is 6.92 Å². The molecular formula is C17H15NO3. The molecule has 1 aromatic heterocycles. The van der Waals surface area contributed by atoms with Crippen molar-refractivity contribution >= 4 is 10.9 Å². The van der Waals surface area contributed by atoms with Crippen LogP contribution in [-0.2, 0) is 0 Å². The van der Waals surface area contributed by atoms with E-state index in [0.717, 1.165) is 16.7 Å². The van der Waals surface area contributed by atoms with Crippen molar-refractivity contribution in [3.05, 3.63) is 65.0 Å². The van der Waals surface area contributed by atoms with Crippen LogP contribution in [0.15, 0.2) is 59.4 Å². The molecule has 0 aliphatic carbocycles. The topological polar surface area (TPSA) is 51.3 Å². The molecule has 1 N–H and O–H groups in total. The maximum absolute atomic E-state index is 11.7. The molecule has 4 heteroatoms. The van der Waals surface area contributed by atoms with E-state index in [1.807, 2.05) is 55.5 Å². The number of pyridine rings is 1.